The molecule has 1 amide bonds. The van der Waals surface area contributed by atoms with Gasteiger partial charge in [-0.2, -0.15) is 4.57 Å². The van der Waals surface area contributed by atoms with E-state index in [2.05, 4.69) is 0 Å². The second kappa shape index (κ2) is 4.68. The second-order valence-corrected chi connectivity index (χ2v) is 1.65. The zero-order chi connectivity index (χ0) is 11.7. The molecule has 0 aliphatic carbocycles. The number of rotatable bonds is 2. The van der Waals surface area contributed by atoms with Crippen LogP contribution in [0.4, 0.5) is 0 Å². The number of carbonyl (C=O) groups excluding carboxylic acids is 1. The minimum atomic E-state index is -0.765. The van der Waals surface area contributed by atoms with E-state index in [9.17, 15) is 4.79 Å². The summed E-state index contributed by atoms with van der Waals surface area (Å²) in [4.78, 5) is 10.6. The van der Waals surface area contributed by atoms with Crippen LogP contribution in [-0.4, -0.2) is 5.91 Å². The standard InChI is InChI=1S/C7H8N2O.ClH/c8-7(10)6-9-4-2-1-3-5-9;/h1-5H,6H2,(H-,8,10);1H/i1D,2D,3D,4D,5D;. The van der Waals surface area contributed by atoms with Crippen LogP contribution >= 0.6 is 0 Å². The summed E-state index contributed by atoms with van der Waals surface area (Å²) in [6, 6.07) is -1.47. The van der Waals surface area contributed by atoms with E-state index < -0.39 is 42.9 Å². The first kappa shape index (κ1) is 4.07. The normalized spacial score (nSPS) is 14.7. The van der Waals surface area contributed by atoms with Gasteiger partial charge in [0.1, 0.15) is 2.74 Å². The molecule has 1 aromatic heterocycles. The predicted molar refractivity (Wildman–Crippen MR) is 35.8 cm³/mol. The molecule has 0 aliphatic rings. The van der Waals surface area contributed by atoms with Gasteiger partial charge in [-0.05, 0) is 0 Å². The van der Waals surface area contributed by atoms with Crippen molar-refractivity contribution in [2.45, 2.75) is 6.54 Å². The van der Waals surface area contributed by atoms with Crippen LogP contribution in [0.3, 0.4) is 0 Å². The summed E-state index contributed by atoms with van der Waals surface area (Å²) in [7, 11) is 0. The average Bonchev–Trinajstić information content (AvgIpc) is 2.18. The molecule has 0 aliphatic heterocycles. The molecule has 0 spiro atoms. The number of carbonyl (C=O) groups is 1. The number of pyridine rings is 1. The molecule has 3 nitrogen and oxygen atoms in total. The van der Waals surface area contributed by atoms with Crippen LogP contribution < -0.4 is 22.7 Å². The maximum atomic E-state index is 10.6. The maximum absolute atomic E-state index is 10.6. The van der Waals surface area contributed by atoms with Crippen molar-refractivity contribution in [1.82, 2.24) is 0 Å². The highest BCUT2D eigenvalue weighted by atomic mass is 35.5. The van der Waals surface area contributed by atoms with Crippen LogP contribution in [0.15, 0.2) is 30.5 Å². The van der Waals surface area contributed by atoms with Crippen molar-refractivity contribution in [2.75, 3.05) is 0 Å². The number of nitrogens with zero attached hydrogens (tertiary/aromatic N) is 1. The molecule has 1 rings (SSSR count). The monoisotopic (exact) mass is 177 g/mol. The summed E-state index contributed by atoms with van der Waals surface area (Å²) >= 11 is 0. The number of amides is 1. The molecule has 1 aromatic rings. The predicted octanol–water partition coefficient (Wildman–Crippen LogP) is -3.54. The lowest BCUT2D eigenvalue weighted by Gasteiger charge is -1.88. The largest absolute Gasteiger partial charge is 1.00 e. The number of aromatic nitrogens is 1. The fourth-order valence-electron chi connectivity index (χ4n) is 0.485. The lowest BCUT2D eigenvalue weighted by Crippen LogP contribution is -3.00. The maximum Gasteiger partial charge on any atom is 0.283 e. The van der Waals surface area contributed by atoms with Crippen LogP contribution in [0.5, 0.6) is 0 Å². The first-order chi connectivity index (χ1) is 6.86. The van der Waals surface area contributed by atoms with Crippen molar-refractivity contribution in [3.05, 3.63) is 30.5 Å². The zero-order valence-corrected chi connectivity index (χ0v) is 6.27. The number of primary amides is 1. The Hall–Kier alpha value is -1.09. The molecular formula is C7H9ClN2O. The molecule has 0 saturated carbocycles. The van der Waals surface area contributed by atoms with E-state index >= 15 is 0 Å². The van der Waals surface area contributed by atoms with E-state index in [4.69, 9.17) is 12.6 Å². The van der Waals surface area contributed by atoms with Gasteiger partial charge >= 0.3 is 0 Å². The first-order valence-electron chi connectivity index (χ1n) is 5.11. The molecule has 0 atom stereocenters. The van der Waals surface area contributed by atoms with Crippen LogP contribution in [-0.2, 0) is 11.3 Å². The van der Waals surface area contributed by atoms with Gasteiger partial charge in [-0.15, -0.1) is 0 Å². The smallest absolute Gasteiger partial charge is 0.283 e. The highest BCUT2D eigenvalue weighted by Crippen LogP contribution is 1.75. The topological polar surface area (TPSA) is 47.0 Å². The van der Waals surface area contributed by atoms with Gasteiger partial charge in [0.15, 0.2) is 12.3 Å². The lowest BCUT2D eigenvalue weighted by molar-refractivity contribution is -0.684. The minimum Gasteiger partial charge on any atom is -1.00 e. The molecule has 0 bridgehead atoms. The Morgan fingerprint density at radius 1 is 1.45 bits per heavy atom. The molecule has 60 valence electrons. The van der Waals surface area contributed by atoms with Crippen molar-refractivity contribution in [2.24, 2.45) is 5.73 Å². The van der Waals surface area contributed by atoms with Crippen molar-refractivity contribution < 1.29 is 28.6 Å². The van der Waals surface area contributed by atoms with Crippen LogP contribution in [0, 0.1) is 0 Å². The van der Waals surface area contributed by atoms with E-state index in [1.165, 1.54) is 0 Å². The van der Waals surface area contributed by atoms with Crippen LogP contribution in [0.2, 0.25) is 0 Å². The van der Waals surface area contributed by atoms with E-state index in [-0.39, 0.29) is 12.4 Å². The number of hydrogen-bond acceptors (Lipinski definition) is 1. The molecule has 1 heterocycles. The Kier molecular flexibility index (Phi) is 1.73. The van der Waals surface area contributed by atoms with Crippen molar-refractivity contribution in [3.8, 4) is 0 Å². The summed E-state index contributed by atoms with van der Waals surface area (Å²) < 4.78 is 37.5. The van der Waals surface area contributed by atoms with Gasteiger partial charge in [-0.1, -0.05) is 6.04 Å². The Morgan fingerprint density at radius 2 is 2.00 bits per heavy atom. The van der Waals surface area contributed by atoms with E-state index in [0.29, 0.717) is 0 Å². The van der Waals surface area contributed by atoms with Crippen molar-refractivity contribution >= 4 is 5.91 Å². The van der Waals surface area contributed by atoms with Gasteiger partial charge in [-0.25, -0.2) is 0 Å². The van der Waals surface area contributed by atoms with E-state index in [1.54, 1.807) is 0 Å². The van der Waals surface area contributed by atoms with Gasteiger partial charge in [0.2, 0.25) is 6.54 Å². The van der Waals surface area contributed by atoms with Gasteiger partial charge in [0.05, 0.1) is 4.11 Å². The Labute approximate surface area is 78.3 Å². The summed E-state index contributed by atoms with van der Waals surface area (Å²) in [5.74, 6) is -0.765. The van der Waals surface area contributed by atoms with Gasteiger partial charge in [0.25, 0.3) is 5.91 Å². The zero-order valence-electron chi connectivity index (χ0n) is 10.5. The van der Waals surface area contributed by atoms with E-state index in [1.807, 2.05) is 0 Å². The lowest BCUT2D eigenvalue weighted by atomic mass is 10.5. The SMILES string of the molecule is [2H]c1c([2H])c([2H])[n+](CC(N)=O)c([2H])c1[2H].[Cl-]. The quantitative estimate of drug-likeness (QED) is 0.468. The molecule has 4 heteroatoms. The van der Waals surface area contributed by atoms with E-state index in [0.717, 1.165) is 4.57 Å². The first-order valence-corrected chi connectivity index (χ1v) is 2.61. The average molecular weight is 178 g/mol. The Balaban J connectivity index is 0.00000225. The molecular weight excluding hydrogens is 164 g/mol. The summed E-state index contributed by atoms with van der Waals surface area (Å²) in [5, 5.41) is 0. The summed E-state index contributed by atoms with van der Waals surface area (Å²) in [6.07, 6.45) is -0.917. The minimum absolute atomic E-state index is 0. The Bertz CT molecular complexity index is 410. The number of hydrogen-bond donors (Lipinski definition) is 1. The van der Waals surface area contributed by atoms with Crippen molar-refractivity contribution in [3.63, 3.8) is 0 Å². The van der Waals surface area contributed by atoms with Gasteiger partial charge < -0.3 is 18.1 Å². The van der Waals surface area contributed by atoms with Crippen LogP contribution in [0.25, 0.3) is 0 Å². The fourth-order valence-corrected chi connectivity index (χ4v) is 0.485. The molecule has 2 N–H and O–H groups in total. The fraction of sp³-hybridized carbons (Fsp3) is 0.143. The molecule has 11 heavy (non-hydrogen) atoms. The molecule has 0 saturated heterocycles. The molecule has 0 aromatic carbocycles. The Morgan fingerprint density at radius 3 is 2.45 bits per heavy atom. The third-order valence-electron chi connectivity index (χ3n) is 0.821. The van der Waals surface area contributed by atoms with Crippen molar-refractivity contribution in [1.29, 1.82) is 0 Å². The van der Waals surface area contributed by atoms with Crippen LogP contribution in [0.1, 0.15) is 6.85 Å². The molecule has 0 fully saturated rings. The number of halogens is 1. The second-order valence-electron chi connectivity index (χ2n) is 1.65. The third kappa shape index (κ3) is 3.57. The summed E-state index contributed by atoms with van der Waals surface area (Å²) in [5.41, 5.74) is 4.90. The molecule has 0 radical (unpaired) electrons. The number of nitrogens with two attached hydrogens (primary N) is 1. The summed E-state index contributed by atoms with van der Waals surface area (Å²) in [6.45, 7) is -0.435. The highest BCUT2D eigenvalue weighted by Gasteiger charge is 2.00. The van der Waals surface area contributed by atoms with Gasteiger partial charge in [-0.3, -0.25) is 4.79 Å². The molecule has 0 unspecified atom stereocenters. The third-order valence-corrected chi connectivity index (χ3v) is 0.821. The highest BCUT2D eigenvalue weighted by molar-refractivity contribution is 5.72. The van der Waals surface area contributed by atoms with Gasteiger partial charge in [0, 0.05) is 12.1 Å².